The molecule has 28 heavy (non-hydrogen) atoms. The number of nitrogens with one attached hydrogen (secondary N) is 1. The molecule has 1 aliphatic heterocycles. The maximum atomic E-state index is 12.5. The van der Waals surface area contributed by atoms with Crippen molar-refractivity contribution in [2.75, 3.05) is 36.5 Å². The number of hydrogen-bond acceptors (Lipinski definition) is 5. The number of para-hydroxylation sites is 1. The van der Waals surface area contributed by atoms with Crippen molar-refractivity contribution in [3.05, 3.63) is 78.5 Å². The van der Waals surface area contributed by atoms with Gasteiger partial charge in [-0.2, -0.15) is 0 Å². The lowest BCUT2D eigenvalue weighted by Crippen LogP contribution is -2.36. The molecule has 142 valence electrons. The van der Waals surface area contributed by atoms with Gasteiger partial charge in [0, 0.05) is 25.0 Å². The number of morpholine rings is 1. The van der Waals surface area contributed by atoms with Crippen molar-refractivity contribution in [2.24, 2.45) is 0 Å². The average molecular weight is 375 g/mol. The number of ether oxygens (including phenoxy) is 2. The zero-order valence-electron chi connectivity index (χ0n) is 15.4. The Kier molecular flexibility index (Phi) is 5.49. The molecule has 2 aromatic carbocycles. The average Bonchev–Trinajstić information content (AvgIpc) is 2.76. The highest BCUT2D eigenvalue weighted by molar-refractivity contribution is 6.04. The lowest BCUT2D eigenvalue weighted by atomic mass is 10.2. The van der Waals surface area contributed by atoms with E-state index in [0.717, 1.165) is 24.7 Å². The highest BCUT2D eigenvalue weighted by Crippen LogP contribution is 2.23. The molecule has 6 nitrogen and oxygen atoms in total. The molecule has 0 bridgehead atoms. The Labute approximate surface area is 163 Å². The third-order valence-electron chi connectivity index (χ3n) is 4.44. The van der Waals surface area contributed by atoms with Gasteiger partial charge in [0.2, 0.25) is 0 Å². The predicted molar refractivity (Wildman–Crippen MR) is 108 cm³/mol. The molecule has 0 unspecified atom stereocenters. The minimum atomic E-state index is -0.197. The molecule has 4 rings (SSSR count). The molecule has 0 radical (unpaired) electrons. The van der Waals surface area contributed by atoms with Crippen LogP contribution in [0.1, 0.15) is 10.4 Å². The van der Waals surface area contributed by atoms with Crippen LogP contribution in [0.3, 0.4) is 0 Å². The number of hydrogen-bond donors (Lipinski definition) is 1. The van der Waals surface area contributed by atoms with Gasteiger partial charge < -0.3 is 19.7 Å². The van der Waals surface area contributed by atoms with Crippen LogP contribution in [0.15, 0.2) is 72.9 Å². The van der Waals surface area contributed by atoms with Crippen LogP contribution in [-0.4, -0.2) is 37.2 Å². The number of aromatic nitrogens is 1. The molecule has 2 heterocycles. The predicted octanol–water partition coefficient (Wildman–Crippen LogP) is 3.96. The zero-order valence-corrected chi connectivity index (χ0v) is 15.4. The van der Waals surface area contributed by atoms with E-state index < -0.39 is 0 Å². The Hall–Kier alpha value is -3.38. The smallest absolute Gasteiger partial charge is 0.257 e. The number of pyridine rings is 1. The number of carbonyl (C=O) groups excluding carboxylic acids is 1. The van der Waals surface area contributed by atoms with E-state index in [4.69, 9.17) is 9.47 Å². The van der Waals surface area contributed by atoms with Gasteiger partial charge in [-0.3, -0.25) is 4.79 Å². The monoisotopic (exact) mass is 375 g/mol. The van der Waals surface area contributed by atoms with Gasteiger partial charge in [0.25, 0.3) is 5.91 Å². The largest absolute Gasteiger partial charge is 0.457 e. The van der Waals surface area contributed by atoms with E-state index in [1.54, 1.807) is 12.3 Å². The number of nitrogens with zero attached hydrogens (tertiary/aromatic N) is 2. The number of anilines is 2. The van der Waals surface area contributed by atoms with Crippen LogP contribution in [-0.2, 0) is 4.74 Å². The van der Waals surface area contributed by atoms with Crippen LogP contribution in [0.25, 0.3) is 0 Å². The normalized spacial score (nSPS) is 13.8. The summed E-state index contributed by atoms with van der Waals surface area (Å²) in [4.78, 5) is 19.0. The summed E-state index contributed by atoms with van der Waals surface area (Å²) in [5.74, 6) is 2.14. The molecule has 1 saturated heterocycles. The lowest BCUT2D eigenvalue weighted by molar-refractivity contribution is 0.102. The standard InChI is InChI=1S/C22H21N3O3/c26-22(17-6-11-21(23-16-17)25-12-14-27-15-13-25)24-18-7-9-20(10-8-18)28-19-4-2-1-3-5-19/h1-11,16H,12-15H2,(H,24,26). The molecule has 0 saturated carbocycles. The number of rotatable bonds is 5. The highest BCUT2D eigenvalue weighted by atomic mass is 16.5. The number of amides is 1. The van der Waals surface area contributed by atoms with Gasteiger partial charge in [-0.25, -0.2) is 4.98 Å². The van der Waals surface area contributed by atoms with E-state index in [2.05, 4.69) is 15.2 Å². The Morgan fingerprint density at radius 2 is 1.64 bits per heavy atom. The summed E-state index contributed by atoms with van der Waals surface area (Å²) in [6.45, 7) is 3.04. The summed E-state index contributed by atoms with van der Waals surface area (Å²) in [6.07, 6.45) is 1.60. The van der Waals surface area contributed by atoms with Gasteiger partial charge in [0.05, 0.1) is 18.8 Å². The fourth-order valence-corrected chi connectivity index (χ4v) is 2.93. The first-order chi connectivity index (χ1) is 13.8. The van der Waals surface area contributed by atoms with Crippen molar-refractivity contribution < 1.29 is 14.3 Å². The molecular formula is C22H21N3O3. The fraction of sp³-hybridized carbons (Fsp3) is 0.182. The topological polar surface area (TPSA) is 63.7 Å². The van der Waals surface area contributed by atoms with Crippen molar-refractivity contribution in [3.8, 4) is 11.5 Å². The van der Waals surface area contributed by atoms with Crippen molar-refractivity contribution in [1.29, 1.82) is 0 Å². The van der Waals surface area contributed by atoms with Crippen LogP contribution in [0.4, 0.5) is 11.5 Å². The van der Waals surface area contributed by atoms with Gasteiger partial charge >= 0.3 is 0 Å². The minimum absolute atomic E-state index is 0.197. The lowest BCUT2D eigenvalue weighted by Gasteiger charge is -2.27. The maximum absolute atomic E-state index is 12.5. The molecule has 0 spiro atoms. The molecule has 1 amide bonds. The molecule has 0 aliphatic carbocycles. The van der Waals surface area contributed by atoms with Crippen LogP contribution in [0.2, 0.25) is 0 Å². The fourth-order valence-electron chi connectivity index (χ4n) is 2.93. The van der Waals surface area contributed by atoms with E-state index in [0.29, 0.717) is 30.2 Å². The zero-order chi connectivity index (χ0) is 19.2. The summed E-state index contributed by atoms with van der Waals surface area (Å²) in [5.41, 5.74) is 1.21. The number of carbonyl (C=O) groups is 1. The first-order valence-corrected chi connectivity index (χ1v) is 9.21. The highest BCUT2D eigenvalue weighted by Gasteiger charge is 2.13. The van der Waals surface area contributed by atoms with Crippen molar-refractivity contribution in [2.45, 2.75) is 0 Å². The van der Waals surface area contributed by atoms with Gasteiger partial charge in [-0.05, 0) is 48.5 Å². The molecule has 1 N–H and O–H groups in total. The molecular weight excluding hydrogens is 354 g/mol. The first kappa shape index (κ1) is 18.0. The van der Waals surface area contributed by atoms with Gasteiger partial charge in [-0.1, -0.05) is 18.2 Å². The molecule has 6 heteroatoms. The summed E-state index contributed by atoms with van der Waals surface area (Å²) in [6, 6.07) is 20.5. The maximum Gasteiger partial charge on any atom is 0.257 e. The quantitative estimate of drug-likeness (QED) is 0.731. The van der Waals surface area contributed by atoms with Gasteiger partial charge in [0.15, 0.2) is 0 Å². The second kappa shape index (κ2) is 8.54. The number of benzene rings is 2. The van der Waals surface area contributed by atoms with Crippen LogP contribution >= 0.6 is 0 Å². The molecule has 0 atom stereocenters. The summed E-state index contributed by atoms with van der Waals surface area (Å²) in [5, 5.41) is 2.88. The Balaban J connectivity index is 1.36. The first-order valence-electron chi connectivity index (χ1n) is 9.21. The third-order valence-corrected chi connectivity index (χ3v) is 4.44. The molecule has 1 aromatic heterocycles. The van der Waals surface area contributed by atoms with Crippen LogP contribution in [0.5, 0.6) is 11.5 Å². The van der Waals surface area contributed by atoms with Crippen LogP contribution in [0, 0.1) is 0 Å². The van der Waals surface area contributed by atoms with E-state index in [1.165, 1.54) is 0 Å². The Morgan fingerprint density at radius 1 is 0.929 bits per heavy atom. The molecule has 3 aromatic rings. The van der Waals surface area contributed by atoms with Crippen molar-refractivity contribution >= 4 is 17.4 Å². The Bertz CT molecular complexity index is 906. The van der Waals surface area contributed by atoms with E-state index in [-0.39, 0.29) is 5.91 Å². The second-order valence-electron chi connectivity index (χ2n) is 6.40. The summed E-state index contributed by atoms with van der Waals surface area (Å²) < 4.78 is 11.1. The van der Waals surface area contributed by atoms with Gasteiger partial charge in [-0.15, -0.1) is 0 Å². The van der Waals surface area contributed by atoms with E-state index in [9.17, 15) is 4.79 Å². The SMILES string of the molecule is O=C(Nc1ccc(Oc2ccccc2)cc1)c1ccc(N2CCOCC2)nc1. The minimum Gasteiger partial charge on any atom is -0.457 e. The molecule has 1 aliphatic rings. The second-order valence-corrected chi connectivity index (χ2v) is 6.40. The summed E-state index contributed by atoms with van der Waals surface area (Å²) >= 11 is 0. The Morgan fingerprint density at radius 3 is 2.32 bits per heavy atom. The van der Waals surface area contributed by atoms with Crippen molar-refractivity contribution in [1.82, 2.24) is 4.98 Å². The van der Waals surface area contributed by atoms with Crippen LogP contribution < -0.4 is 15.0 Å². The molecule has 1 fully saturated rings. The third kappa shape index (κ3) is 4.47. The van der Waals surface area contributed by atoms with Crippen molar-refractivity contribution in [3.63, 3.8) is 0 Å². The summed E-state index contributed by atoms with van der Waals surface area (Å²) in [7, 11) is 0. The van der Waals surface area contributed by atoms with Gasteiger partial charge in [0.1, 0.15) is 17.3 Å². The van der Waals surface area contributed by atoms with E-state index in [1.807, 2.05) is 60.7 Å². The van der Waals surface area contributed by atoms with E-state index >= 15 is 0 Å².